The van der Waals surface area contributed by atoms with Crippen molar-refractivity contribution < 1.29 is 14.6 Å². The lowest BCUT2D eigenvalue weighted by molar-refractivity contribution is 0.0527. The van der Waals surface area contributed by atoms with Crippen LogP contribution in [0.2, 0.25) is 0 Å². The second kappa shape index (κ2) is 6.26. The van der Waals surface area contributed by atoms with Crippen LogP contribution in [-0.4, -0.2) is 37.4 Å². The van der Waals surface area contributed by atoms with E-state index < -0.39 is 12.1 Å². The number of hydrogen-bond donors (Lipinski definition) is 2. The minimum atomic E-state index is -0.510. The average molecular weight is 252 g/mol. The van der Waals surface area contributed by atoms with Gasteiger partial charge in [-0.3, -0.25) is 0 Å². The maximum absolute atomic E-state index is 11.8. The van der Waals surface area contributed by atoms with E-state index in [0.29, 0.717) is 30.1 Å². The number of ether oxygens (including phenoxy) is 1. The number of para-hydroxylation sites is 1. The first-order chi connectivity index (χ1) is 8.47. The normalized spacial score (nSPS) is 12.0. The summed E-state index contributed by atoms with van der Waals surface area (Å²) >= 11 is 0. The van der Waals surface area contributed by atoms with Gasteiger partial charge in [-0.1, -0.05) is 6.07 Å². The Morgan fingerprint density at radius 2 is 2.22 bits per heavy atom. The first-order valence-electron chi connectivity index (χ1n) is 5.92. The third-order valence-electron chi connectivity index (χ3n) is 2.48. The molecule has 0 aliphatic rings. The number of aliphatic hydroxyl groups excluding tert-OH is 1. The summed E-state index contributed by atoms with van der Waals surface area (Å²) in [6.45, 7) is 4.14. The van der Waals surface area contributed by atoms with Crippen LogP contribution < -0.4 is 10.6 Å². The van der Waals surface area contributed by atoms with E-state index in [4.69, 9.17) is 10.5 Å². The number of benzene rings is 1. The summed E-state index contributed by atoms with van der Waals surface area (Å²) in [5.41, 5.74) is 7.40. The molecular formula is C13H20N2O3. The van der Waals surface area contributed by atoms with Gasteiger partial charge in [0.05, 0.1) is 29.6 Å². The molecule has 1 atom stereocenters. The molecule has 3 N–H and O–H groups in total. The van der Waals surface area contributed by atoms with Crippen LogP contribution in [0.4, 0.5) is 11.4 Å². The molecule has 0 heterocycles. The lowest BCUT2D eigenvalue weighted by Crippen LogP contribution is -2.29. The maximum atomic E-state index is 11.8. The molecule has 0 radical (unpaired) electrons. The number of carbonyl (C=O) groups excluding carboxylic acids is 1. The van der Waals surface area contributed by atoms with Gasteiger partial charge in [0, 0.05) is 13.6 Å². The predicted octanol–water partition coefficient (Wildman–Crippen LogP) is 1.26. The summed E-state index contributed by atoms with van der Waals surface area (Å²) in [6, 6.07) is 5.10. The van der Waals surface area contributed by atoms with Crippen molar-refractivity contribution in [3.05, 3.63) is 23.8 Å². The van der Waals surface area contributed by atoms with E-state index in [1.54, 1.807) is 44.0 Å². The second-order valence-corrected chi connectivity index (χ2v) is 4.19. The van der Waals surface area contributed by atoms with Gasteiger partial charge in [-0.15, -0.1) is 0 Å². The largest absolute Gasteiger partial charge is 0.462 e. The van der Waals surface area contributed by atoms with Gasteiger partial charge in [-0.25, -0.2) is 4.79 Å². The van der Waals surface area contributed by atoms with Gasteiger partial charge in [0.25, 0.3) is 0 Å². The van der Waals surface area contributed by atoms with Crippen molar-refractivity contribution in [2.75, 3.05) is 30.8 Å². The Balaban J connectivity index is 3.11. The molecule has 0 saturated heterocycles. The van der Waals surface area contributed by atoms with E-state index in [2.05, 4.69) is 0 Å². The average Bonchev–Trinajstić information content (AvgIpc) is 2.27. The lowest BCUT2D eigenvalue weighted by Gasteiger charge is -2.24. The zero-order chi connectivity index (χ0) is 13.7. The Bertz CT molecular complexity index is 419. The van der Waals surface area contributed by atoms with Gasteiger partial charge in [-0.2, -0.15) is 0 Å². The predicted molar refractivity (Wildman–Crippen MR) is 71.8 cm³/mol. The Morgan fingerprint density at radius 1 is 1.56 bits per heavy atom. The third kappa shape index (κ3) is 3.37. The highest BCUT2D eigenvalue weighted by Gasteiger charge is 2.18. The molecule has 1 unspecified atom stereocenters. The zero-order valence-electron chi connectivity index (χ0n) is 11.0. The molecule has 0 fully saturated rings. The van der Waals surface area contributed by atoms with Crippen LogP contribution >= 0.6 is 0 Å². The summed E-state index contributed by atoms with van der Waals surface area (Å²) in [7, 11) is 1.78. The smallest absolute Gasteiger partial charge is 0.340 e. The van der Waals surface area contributed by atoms with Gasteiger partial charge in [0.1, 0.15) is 0 Å². The van der Waals surface area contributed by atoms with Crippen LogP contribution in [0, 0.1) is 0 Å². The maximum Gasteiger partial charge on any atom is 0.340 e. The quantitative estimate of drug-likeness (QED) is 0.609. The van der Waals surface area contributed by atoms with E-state index in [0.717, 1.165) is 0 Å². The molecule has 5 heteroatoms. The molecule has 0 spiro atoms. The summed E-state index contributed by atoms with van der Waals surface area (Å²) in [5.74, 6) is -0.405. The summed E-state index contributed by atoms with van der Waals surface area (Å²) in [6.07, 6.45) is -0.510. The van der Waals surface area contributed by atoms with Crippen LogP contribution in [-0.2, 0) is 4.74 Å². The fourth-order valence-electron chi connectivity index (χ4n) is 1.85. The van der Waals surface area contributed by atoms with E-state index >= 15 is 0 Å². The van der Waals surface area contributed by atoms with E-state index in [1.165, 1.54) is 0 Å². The highest BCUT2D eigenvalue weighted by atomic mass is 16.5. The SMILES string of the molecule is CCOC(=O)c1cccc(N)c1N(C)CC(C)O. The molecule has 0 amide bonds. The number of nitrogens with two attached hydrogens (primary N) is 1. The molecule has 1 rings (SSSR count). The molecule has 0 saturated carbocycles. The highest BCUT2D eigenvalue weighted by molar-refractivity contribution is 5.99. The molecule has 18 heavy (non-hydrogen) atoms. The number of anilines is 2. The molecule has 1 aromatic carbocycles. The number of rotatable bonds is 5. The first-order valence-corrected chi connectivity index (χ1v) is 5.92. The molecule has 5 nitrogen and oxygen atoms in total. The molecule has 100 valence electrons. The van der Waals surface area contributed by atoms with Crippen molar-refractivity contribution in [3.63, 3.8) is 0 Å². The monoisotopic (exact) mass is 252 g/mol. The number of aliphatic hydroxyl groups is 1. The van der Waals surface area contributed by atoms with E-state index in [1.807, 2.05) is 0 Å². The Labute approximate surface area is 107 Å². The van der Waals surface area contributed by atoms with Crippen LogP contribution in [0.3, 0.4) is 0 Å². The fourth-order valence-corrected chi connectivity index (χ4v) is 1.85. The molecular weight excluding hydrogens is 232 g/mol. The summed E-state index contributed by atoms with van der Waals surface area (Å²) in [4.78, 5) is 13.6. The van der Waals surface area contributed by atoms with E-state index in [9.17, 15) is 9.90 Å². The molecule has 1 aromatic rings. The first kappa shape index (κ1) is 14.3. The van der Waals surface area contributed by atoms with Gasteiger partial charge >= 0.3 is 5.97 Å². The molecule has 0 aromatic heterocycles. The molecule has 0 aliphatic carbocycles. The third-order valence-corrected chi connectivity index (χ3v) is 2.48. The number of hydrogen-bond acceptors (Lipinski definition) is 5. The summed E-state index contributed by atoms with van der Waals surface area (Å²) in [5, 5.41) is 9.41. The minimum Gasteiger partial charge on any atom is -0.462 e. The zero-order valence-corrected chi connectivity index (χ0v) is 11.0. The Hall–Kier alpha value is -1.75. The van der Waals surface area contributed by atoms with Gasteiger partial charge < -0.3 is 20.5 Å². The summed E-state index contributed by atoms with van der Waals surface area (Å²) < 4.78 is 5.00. The lowest BCUT2D eigenvalue weighted by atomic mass is 10.1. The van der Waals surface area contributed by atoms with Gasteiger partial charge in [-0.05, 0) is 26.0 Å². The van der Waals surface area contributed by atoms with Crippen molar-refractivity contribution in [2.24, 2.45) is 0 Å². The van der Waals surface area contributed by atoms with Crippen LogP contribution in [0.25, 0.3) is 0 Å². The van der Waals surface area contributed by atoms with Crippen LogP contribution in [0.5, 0.6) is 0 Å². The molecule has 0 aliphatic heterocycles. The van der Waals surface area contributed by atoms with E-state index in [-0.39, 0.29) is 0 Å². The number of likely N-dealkylation sites (N-methyl/N-ethyl adjacent to an activating group) is 1. The minimum absolute atomic E-state index is 0.313. The van der Waals surface area contributed by atoms with Crippen LogP contribution in [0.15, 0.2) is 18.2 Å². The Kier molecular flexibility index (Phi) is 4.97. The van der Waals surface area contributed by atoms with Crippen molar-refractivity contribution in [1.82, 2.24) is 0 Å². The van der Waals surface area contributed by atoms with Crippen molar-refractivity contribution in [3.8, 4) is 0 Å². The highest BCUT2D eigenvalue weighted by Crippen LogP contribution is 2.27. The molecule has 0 bridgehead atoms. The van der Waals surface area contributed by atoms with Gasteiger partial charge in [0.2, 0.25) is 0 Å². The number of nitrogens with zero attached hydrogens (tertiary/aromatic N) is 1. The number of nitrogen functional groups attached to an aromatic ring is 1. The van der Waals surface area contributed by atoms with Crippen molar-refractivity contribution >= 4 is 17.3 Å². The van der Waals surface area contributed by atoms with Crippen LogP contribution in [0.1, 0.15) is 24.2 Å². The van der Waals surface area contributed by atoms with Crippen molar-refractivity contribution in [2.45, 2.75) is 20.0 Å². The number of esters is 1. The second-order valence-electron chi connectivity index (χ2n) is 4.19. The standard InChI is InChI=1S/C13H20N2O3/c1-4-18-13(17)10-6-5-7-11(14)12(10)15(3)8-9(2)16/h5-7,9,16H,4,8,14H2,1-3H3. The van der Waals surface area contributed by atoms with Gasteiger partial charge in [0.15, 0.2) is 0 Å². The topological polar surface area (TPSA) is 75.8 Å². The van der Waals surface area contributed by atoms with Crippen molar-refractivity contribution in [1.29, 1.82) is 0 Å². The number of carbonyl (C=O) groups is 1. The fraction of sp³-hybridized carbons (Fsp3) is 0.462. The Morgan fingerprint density at radius 3 is 2.78 bits per heavy atom.